The summed E-state index contributed by atoms with van der Waals surface area (Å²) in [6, 6.07) is 18.4. The van der Waals surface area contributed by atoms with Crippen LogP contribution in [0.1, 0.15) is 11.6 Å². The van der Waals surface area contributed by atoms with Crippen molar-refractivity contribution in [3.05, 3.63) is 110 Å². The van der Waals surface area contributed by atoms with Gasteiger partial charge in [0.25, 0.3) is 0 Å². The molecule has 3 aromatic heterocycles. The third kappa shape index (κ3) is 3.58. The second-order valence-corrected chi connectivity index (χ2v) is 8.12. The molecule has 1 aliphatic carbocycles. The summed E-state index contributed by atoms with van der Waals surface area (Å²) in [7, 11) is 4.11. The summed E-state index contributed by atoms with van der Waals surface area (Å²) in [5.74, 6) is 0.246. The molecule has 1 unspecified atom stereocenters. The van der Waals surface area contributed by atoms with Gasteiger partial charge in [-0.05, 0) is 42.6 Å². The van der Waals surface area contributed by atoms with Crippen LogP contribution in [0.5, 0.6) is 0 Å². The summed E-state index contributed by atoms with van der Waals surface area (Å²) >= 11 is 0. The van der Waals surface area contributed by atoms with E-state index in [-0.39, 0.29) is 26.0 Å². The second-order valence-electron chi connectivity index (χ2n) is 8.12. The fraction of sp³-hybridized carbons (Fsp3) is 0.111. The minimum absolute atomic E-state index is 0. The second kappa shape index (κ2) is 9.01. The van der Waals surface area contributed by atoms with Crippen molar-refractivity contribution in [2.24, 2.45) is 0 Å². The SMILES string of the molecule is CN1C=CN(c2[c-]cccc2)[CH-]1.C[N+]1=C2C=CC=CC2c2c1c1cccnc1c1[c-]cnn21.[Ir+3]. The molecule has 34 heavy (non-hydrogen) atoms. The van der Waals surface area contributed by atoms with Gasteiger partial charge in [0.15, 0.2) is 5.71 Å². The van der Waals surface area contributed by atoms with Gasteiger partial charge in [0.05, 0.1) is 0 Å². The first-order valence-corrected chi connectivity index (χ1v) is 10.8. The molecule has 0 N–H and O–H groups in total. The Hall–Kier alpha value is -3.54. The van der Waals surface area contributed by atoms with Gasteiger partial charge in [-0.1, -0.05) is 29.8 Å². The quantitative estimate of drug-likeness (QED) is 0.233. The van der Waals surface area contributed by atoms with Gasteiger partial charge in [-0.3, -0.25) is 4.52 Å². The number of hydrogen-bond donors (Lipinski definition) is 0. The van der Waals surface area contributed by atoms with Crippen molar-refractivity contribution in [1.29, 1.82) is 0 Å². The van der Waals surface area contributed by atoms with Crippen LogP contribution in [0.4, 0.5) is 11.4 Å². The molecule has 0 radical (unpaired) electrons. The van der Waals surface area contributed by atoms with E-state index in [9.17, 15) is 0 Å². The molecule has 0 amide bonds. The van der Waals surface area contributed by atoms with Gasteiger partial charge in [-0.2, -0.15) is 46.7 Å². The van der Waals surface area contributed by atoms with E-state index in [0.717, 1.165) is 22.1 Å². The van der Waals surface area contributed by atoms with Gasteiger partial charge in [0.1, 0.15) is 18.7 Å². The molecular formula is C27H22IrN6+. The van der Waals surface area contributed by atoms with Gasteiger partial charge in [-0.25, -0.2) is 6.07 Å². The summed E-state index contributed by atoms with van der Waals surface area (Å²) in [6.07, 6.45) is 16.1. The molecule has 7 rings (SSSR count). The van der Waals surface area contributed by atoms with Crippen LogP contribution in [0.2, 0.25) is 0 Å². The molecule has 0 fully saturated rings. The van der Waals surface area contributed by atoms with Crippen LogP contribution in [-0.4, -0.2) is 43.9 Å². The maximum absolute atomic E-state index is 4.55. The van der Waals surface area contributed by atoms with Crippen LogP contribution >= 0.6 is 0 Å². The third-order valence-corrected chi connectivity index (χ3v) is 6.10. The number of pyridine rings is 2. The van der Waals surface area contributed by atoms with Gasteiger partial charge in [0.2, 0.25) is 5.69 Å². The predicted molar refractivity (Wildman–Crippen MR) is 130 cm³/mol. The van der Waals surface area contributed by atoms with Crippen molar-refractivity contribution in [3.63, 3.8) is 0 Å². The van der Waals surface area contributed by atoms with Crippen molar-refractivity contribution in [3.8, 4) is 0 Å². The number of hydrogen-bond acceptors (Lipinski definition) is 4. The molecule has 0 bridgehead atoms. The van der Waals surface area contributed by atoms with E-state index >= 15 is 0 Å². The molecule has 168 valence electrons. The number of nitrogens with zero attached hydrogens (tertiary/aromatic N) is 6. The van der Waals surface area contributed by atoms with Crippen LogP contribution in [0.3, 0.4) is 0 Å². The van der Waals surface area contributed by atoms with Crippen LogP contribution in [0.15, 0.2) is 85.5 Å². The van der Waals surface area contributed by atoms with Crippen LogP contribution in [-0.2, 0) is 20.1 Å². The Labute approximate surface area is 212 Å². The van der Waals surface area contributed by atoms with Crippen molar-refractivity contribution in [2.45, 2.75) is 5.92 Å². The predicted octanol–water partition coefficient (Wildman–Crippen LogP) is 4.45. The van der Waals surface area contributed by atoms with Gasteiger partial charge in [0, 0.05) is 12.3 Å². The normalized spacial score (nSPS) is 17.6. The molecule has 1 atom stereocenters. The first-order valence-electron chi connectivity index (χ1n) is 10.8. The number of aromatic nitrogens is 3. The largest absolute Gasteiger partial charge is 3.00 e. The summed E-state index contributed by atoms with van der Waals surface area (Å²) in [4.78, 5) is 8.58. The molecular weight excluding hydrogens is 601 g/mol. The van der Waals surface area contributed by atoms with Gasteiger partial charge >= 0.3 is 20.1 Å². The van der Waals surface area contributed by atoms with E-state index < -0.39 is 0 Å². The van der Waals surface area contributed by atoms with E-state index in [1.165, 1.54) is 17.1 Å². The van der Waals surface area contributed by atoms with E-state index in [0.29, 0.717) is 0 Å². The van der Waals surface area contributed by atoms with E-state index in [1.807, 2.05) is 77.0 Å². The minimum Gasteiger partial charge on any atom is -0.510 e. The van der Waals surface area contributed by atoms with Gasteiger partial charge < -0.3 is 14.8 Å². The Morgan fingerprint density at radius 3 is 2.79 bits per heavy atom. The Morgan fingerprint density at radius 1 is 1.09 bits per heavy atom. The first kappa shape index (κ1) is 22.3. The van der Waals surface area contributed by atoms with Crippen molar-refractivity contribution < 1.29 is 24.7 Å². The number of rotatable bonds is 1. The molecule has 7 heteroatoms. The molecule has 0 saturated heterocycles. The summed E-state index contributed by atoms with van der Waals surface area (Å²) in [6.45, 7) is 2.01. The molecule has 0 spiro atoms. The Balaban J connectivity index is 0.000000159. The molecule has 6 nitrogen and oxygen atoms in total. The third-order valence-electron chi connectivity index (χ3n) is 6.10. The van der Waals surface area contributed by atoms with E-state index in [4.69, 9.17) is 0 Å². The maximum atomic E-state index is 4.55. The monoisotopic (exact) mass is 623 g/mol. The molecule has 5 heterocycles. The van der Waals surface area contributed by atoms with Crippen LogP contribution in [0.25, 0.3) is 16.4 Å². The number of para-hydroxylation sites is 1. The van der Waals surface area contributed by atoms with Crippen molar-refractivity contribution in [1.82, 2.24) is 19.5 Å². The van der Waals surface area contributed by atoms with Crippen molar-refractivity contribution >= 4 is 33.5 Å². The zero-order valence-electron chi connectivity index (χ0n) is 18.8. The average Bonchev–Trinajstić information content (AvgIpc) is 3.59. The molecule has 4 aromatic rings. The zero-order chi connectivity index (χ0) is 22.4. The molecule has 0 saturated carbocycles. The zero-order valence-corrected chi connectivity index (χ0v) is 21.1. The number of anilines is 1. The Morgan fingerprint density at radius 2 is 2.00 bits per heavy atom. The summed E-state index contributed by atoms with van der Waals surface area (Å²) in [5.41, 5.74) is 6.64. The summed E-state index contributed by atoms with van der Waals surface area (Å²) in [5, 5.41) is 5.64. The standard InChI is InChI=1S/C17H12N4.C10H10N2.Ir/c1-20-13-7-3-2-5-11(13)17-16(20)12-6-4-9-18-15(12)14-8-10-19-21(14)17;1-11-7-8-12(9-11)10-5-3-2-4-6-10;/h2-7,9-11H,1H3;2-5,7-9H,1H3;/q;-2;+3. The van der Waals surface area contributed by atoms with Crippen LogP contribution < -0.4 is 4.90 Å². The Bertz CT molecular complexity index is 1480. The topological polar surface area (TPSA) is 39.7 Å². The molecule has 1 aromatic carbocycles. The van der Waals surface area contributed by atoms with E-state index in [2.05, 4.69) is 64.2 Å². The molecule has 3 aliphatic rings. The van der Waals surface area contributed by atoms with E-state index in [1.54, 1.807) is 6.20 Å². The fourth-order valence-corrected chi connectivity index (χ4v) is 4.62. The van der Waals surface area contributed by atoms with Crippen LogP contribution in [0, 0.1) is 18.8 Å². The van der Waals surface area contributed by atoms with Gasteiger partial charge in [-0.15, -0.1) is 5.69 Å². The minimum atomic E-state index is 0. The van der Waals surface area contributed by atoms with Crippen molar-refractivity contribution in [2.75, 3.05) is 19.0 Å². The Kier molecular flexibility index (Phi) is 5.90. The molecule has 2 aliphatic heterocycles. The average molecular weight is 623 g/mol. The fourth-order valence-electron chi connectivity index (χ4n) is 4.62. The number of benzene rings is 1. The maximum Gasteiger partial charge on any atom is 3.00 e. The summed E-state index contributed by atoms with van der Waals surface area (Å²) < 4.78 is 4.24. The number of allylic oxidation sites excluding steroid dienone is 4. The number of fused-ring (bicyclic) bond motifs is 8. The first-order chi connectivity index (χ1) is 16.2. The smallest absolute Gasteiger partial charge is 0.510 e.